The SMILES string of the molecule is CO[Si]1(OC)CCCCN1CC(C)C. The maximum Gasteiger partial charge on any atom is 0.427 e. The summed E-state index contributed by atoms with van der Waals surface area (Å²) in [5.74, 6) is 0.685. The van der Waals surface area contributed by atoms with Crippen molar-refractivity contribution in [3.05, 3.63) is 0 Å². The summed E-state index contributed by atoms with van der Waals surface area (Å²) in [4.78, 5) is 0. The van der Waals surface area contributed by atoms with Gasteiger partial charge in [0, 0.05) is 20.3 Å². The van der Waals surface area contributed by atoms with Crippen molar-refractivity contribution in [2.24, 2.45) is 5.92 Å². The molecule has 4 heteroatoms. The quantitative estimate of drug-likeness (QED) is 0.672. The molecule has 0 radical (unpaired) electrons. The maximum atomic E-state index is 5.68. The second-order valence-corrected chi connectivity index (χ2v) is 7.79. The van der Waals surface area contributed by atoms with Crippen LogP contribution in [0.5, 0.6) is 0 Å². The van der Waals surface area contributed by atoms with E-state index in [1.54, 1.807) is 14.2 Å². The first-order valence-electron chi connectivity index (χ1n) is 5.50. The average Bonchev–Trinajstić information content (AvgIpc) is 2.18. The highest BCUT2D eigenvalue weighted by atomic mass is 28.4. The zero-order valence-electron chi connectivity index (χ0n) is 9.88. The molecule has 0 amide bonds. The molecule has 0 aliphatic carbocycles. The third kappa shape index (κ3) is 2.57. The van der Waals surface area contributed by atoms with E-state index in [1.807, 2.05) is 0 Å². The van der Waals surface area contributed by atoms with Crippen LogP contribution in [0.4, 0.5) is 0 Å². The van der Waals surface area contributed by atoms with Crippen molar-refractivity contribution < 1.29 is 8.85 Å². The molecule has 1 heterocycles. The zero-order valence-corrected chi connectivity index (χ0v) is 10.9. The Bertz CT molecular complexity index is 172. The fourth-order valence-corrected chi connectivity index (χ4v) is 5.44. The summed E-state index contributed by atoms with van der Waals surface area (Å²) < 4.78 is 13.8. The predicted molar refractivity (Wildman–Crippen MR) is 60.2 cm³/mol. The lowest BCUT2D eigenvalue weighted by Crippen LogP contribution is -2.60. The van der Waals surface area contributed by atoms with Gasteiger partial charge in [0.1, 0.15) is 0 Å². The Labute approximate surface area is 88.7 Å². The Morgan fingerprint density at radius 2 is 1.86 bits per heavy atom. The van der Waals surface area contributed by atoms with E-state index >= 15 is 0 Å². The standard InChI is InChI=1S/C10H23NO2Si/c1-10(2)9-11-7-5-6-8-14(11,12-3)13-4/h10H,5-9H2,1-4H3. The number of nitrogens with zero attached hydrogens (tertiary/aromatic N) is 1. The molecule has 0 aromatic carbocycles. The van der Waals surface area contributed by atoms with Crippen molar-refractivity contribution in [1.82, 2.24) is 4.57 Å². The molecule has 84 valence electrons. The lowest BCUT2D eigenvalue weighted by Gasteiger charge is -2.42. The Kier molecular flexibility index (Phi) is 4.57. The molecular formula is C10H23NO2Si. The zero-order chi connectivity index (χ0) is 10.6. The first kappa shape index (κ1) is 12.2. The lowest BCUT2D eigenvalue weighted by molar-refractivity contribution is 0.139. The fraction of sp³-hybridized carbons (Fsp3) is 1.00. The van der Waals surface area contributed by atoms with Crippen LogP contribution in [0.25, 0.3) is 0 Å². The highest BCUT2D eigenvalue weighted by molar-refractivity contribution is 6.64. The molecule has 0 N–H and O–H groups in total. The van der Waals surface area contributed by atoms with Gasteiger partial charge in [-0.2, -0.15) is 0 Å². The second kappa shape index (κ2) is 5.26. The molecule has 0 spiro atoms. The minimum atomic E-state index is -1.99. The third-order valence-electron chi connectivity index (χ3n) is 2.88. The summed E-state index contributed by atoms with van der Waals surface area (Å²) in [7, 11) is 1.61. The topological polar surface area (TPSA) is 21.7 Å². The monoisotopic (exact) mass is 217 g/mol. The normalized spacial score (nSPS) is 22.9. The molecular weight excluding hydrogens is 194 g/mol. The molecule has 1 saturated heterocycles. The molecule has 1 fully saturated rings. The van der Waals surface area contributed by atoms with Crippen LogP contribution in [-0.4, -0.2) is 40.6 Å². The molecule has 1 aliphatic heterocycles. The van der Waals surface area contributed by atoms with Crippen LogP contribution in [-0.2, 0) is 8.85 Å². The van der Waals surface area contributed by atoms with Crippen molar-refractivity contribution >= 4 is 8.72 Å². The van der Waals surface area contributed by atoms with Gasteiger partial charge in [-0.05, 0) is 31.8 Å². The first-order chi connectivity index (χ1) is 6.64. The van der Waals surface area contributed by atoms with Gasteiger partial charge < -0.3 is 8.85 Å². The van der Waals surface area contributed by atoms with Gasteiger partial charge >= 0.3 is 8.72 Å². The molecule has 0 unspecified atom stereocenters. The van der Waals surface area contributed by atoms with Crippen LogP contribution < -0.4 is 0 Å². The van der Waals surface area contributed by atoms with Crippen LogP contribution >= 0.6 is 0 Å². The number of rotatable bonds is 4. The van der Waals surface area contributed by atoms with Crippen LogP contribution in [0.2, 0.25) is 6.04 Å². The van der Waals surface area contributed by atoms with Crippen LogP contribution in [0.15, 0.2) is 0 Å². The van der Waals surface area contributed by atoms with Gasteiger partial charge in [-0.15, -0.1) is 0 Å². The maximum absolute atomic E-state index is 5.68. The van der Waals surface area contributed by atoms with Crippen LogP contribution in [0.1, 0.15) is 26.7 Å². The Morgan fingerprint density at radius 1 is 1.21 bits per heavy atom. The van der Waals surface area contributed by atoms with Crippen molar-refractivity contribution in [1.29, 1.82) is 0 Å². The van der Waals surface area contributed by atoms with Gasteiger partial charge in [-0.3, -0.25) is 4.57 Å². The van der Waals surface area contributed by atoms with Gasteiger partial charge in [-0.25, -0.2) is 0 Å². The van der Waals surface area contributed by atoms with Crippen molar-refractivity contribution in [2.75, 3.05) is 27.3 Å². The highest BCUT2D eigenvalue weighted by Crippen LogP contribution is 2.26. The molecule has 0 aromatic rings. The minimum absolute atomic E-state index is 0.685. The van der Waals surface area contributed by atoms with Crippen LogP contribution in [0, 0.1) is 5.92 Å². The summed E-state index contributed by atoms with van der Waals surface area (Å²) >= 11 is 0. The van der Waals surface area contributed by atoms with E-state index in [0.29, 0.717) is 5.92 Å². The Morgan fingerprint density at radius 3 is 2.36 bits per heavy atom. The van der Waals surface area contributed by atoms with E-state index in [9.17, 15) is 0 Å². The van der Waals surface area contributed by atoms with Gasteiger partial charge in [0.15, 0.2) is 0 Å². The highest BCUT2D eigenvalue weighted by Gasteiger charge is 2.45. The number of hydrogen-bond acceptors (Lipinski definition) is 3. The van der Waals surface area contributed by atoms with E-state index in [1.165, 1.54) is 12.8 Å². The molecule has 14 heavy (non-hydrogen) atoms. The molecule has 0 saturated carbocycles. The van der Waals surface area contributed by atoms with E-state index in [-0.39, 0.29) is 0 Å². The molecule has 0 bridgehead atoms. The number of hydrogen-bond donors (Lipinski definition) is 0. The Balaban J connectivity index is 2.66. The summed E-state index contributed by atoms with van der Waals surface area (Å²) in [5.41, 5.74) is 0. The van der Waals surface area contributed by atoms with Gasteiger partial charge in [0.05, 0.1) is 0 Å². The summed E-state index contributed by atoms with van der Waals surface area (Å²) in [6.45, 7) is 6.75. The molecule has 0 aromatic heterocycles. The minimum Gasteiger partial charge on any atom is -0.386 e. The van der Waals surface area contributed by atoms with E-state index in [2.05, 4.69) is 18.4 Å². The Hall–Kier alpha value is 0.0969. The largest absolute Gasteiger partial charge is 0.427 e. The average molecular weight is 217 g/mol. The smallest absolute Gasteiger partial charge is 0.386 e. The third-order valence-corrected chi connectivity index (χ3v) is 6.51. The van der Waals surface area contributed by atoms with E-state index in [4.69, 9.17) is 8.85 Å². The van der Waals surface area contributed by atoms with Crippen molar-refractivity contribution in [2.45, 2.75) is 32.7 Å². The molecule has 1 rings (SSSR count). The molecule has 1 aliphatic rings. The molecule has 0 atom stereocenters. The first-order valence-corrected chi connectivity index (χ1v) is 7.47. The van der Waals surface area contributed by atoms with E-state index < -0.39 is 8.72 Å². The molecule has 3 nitrogen and oxygen atoms in total. The fourth-order valence-electron chi connectivity index (χ4n) is 2.20. The second-order valence-electron chi connectivity index (χ2n) is 4.42. The van der Waals surface area contributed by atoms with E-state index in [0.717, 1.165) is 19.1 Å². The summed E-state index contributed by atoms with van der Waals surface area (Å²) in [5, 5.41) is 0. The van der Waals surface area contributed by atoms with Crippen molar-refractivity contribution in [3.63, 3.8) is 0 Å². The summed E-state index contributed by atoms with van der Waals surface area (Å²) in [6, 6.07) is 1.12. The van der Waals surface area contributed by atoms with Gasteiger partial charge in [-0.1, -0.05) is 13.8 Å². The van der Waals surface area contributed by atoms with Gasteiger partial charge in [0.2, 0.25) is 0 Å². The van der Waals surface area contributed by atoms with Gasteiger partial charge in [0.25, 0.3) is 0 Å². The predicted octanol–water partition coefficient (Wildman–Crippen LogP) is 1.97. The van der Waals surface area contributed by atoms with Crippen molar-refractivity contribution in [3.8, 4) is 0 Å². The lowest BCUT2D eigenvalue weighted by atomic mass is 10.2. The van der Waals surface area contributed by atoms with Crippen LogP contribution in [0.3, 0.4) is 0 Å². The summed E-state index contributed by atoms with van der Waals surface area (Å²) in [6.07, 6.45) is 2.54.